The Morgan fingerprint density at radius 2 is 0.933 bits per heavy atom. The lowest BCUT2D eigenvalue weighted by molar-refractivity contribution is 0.628. The van der Waals surface area contributed by atoms with E-state index in [1.165, 1.54) is 32.1 Å². The number of rotatable bonds is 6. The van der Waals surface area contributed by atoms with Crippen LogP contribution in [0.5, 0.6) is 0 Å². The summed E-state index contributed by atoms with van der Waals surface area (Å²) in [4.78, 5) is 0. The molecule has 0 radical (unpaired) electrons. The summed E-state index contributed by atoms with van der Waals surface area (Å²) in [6.07, 6.45) is 8.53. The first-order valence-electron chi connectivity index (χ1n) is 5.45. The van der Waals surface area contributed by atoms with Crippen molar-refractivity contribution in [1.82, 2.24) is 0 Å². The van der Waals surface area contributed by atoms with Gasteiger partial charge >= 0.3 is 0 Å². The molecule has 15 heavy (non-hydrogen) atoms. The molecule has 0 saturated carbocycles. The van der Waals surface area contributed by atoms with Gasteiger partial charge in [0.25, 0.3) is 0 Å². The molecule has 0 aromatic rings. The number of alkyl halides is 2. The summed E-state index contributed by atoms with van der Waals surface area (Å²) in [5.41, 5.74) is 0. The largest absolute Gasteiger partial charge is 0.102 e. The van der Waals surface area contributed by atoms with Crippen molar-refractivity contribution < 1.29 is 0 Å². The highest BCUT2D eigenvalue weighted by molar-refractivity contribution is 9.09. The number of hydrogen-bond acceptors (Lipinski definition) is 0. The molecular weight excluding hydrogens is 316 g/mol. The first-order chi connectivity index (χ1) is 7.41. The van der Waals surface area contributed by atoms with E-state index in [0.717, 1.165) is 23.5 Å². The van der Waals surface area contributed by atoms with E-state index in [4.69, 9.17) is 0 Å². The van der Waals surface area contributed by atoms with Gasteiger partial charge in [0.05, 0.1) is 10.7 Å². The second-order valence-corrected chi connectivity index (χ2v) is 4.36. The van der Waals surface area contributed by atoms with Gasteiger partial charge in [-0.2, -0.15) is 0 Å². The standard InChI is InChI=1S/C13H18Br2/c14-12-10-8-6-4-2-1-3-5-7-9-11-13-15/h1-7,12-13H2. The third-order valence-electron chi connectivity index (χ3n) is 1.99. The second-order valence-electron chi connectivity index (χ2n) is 3.24. The van der Waals surface area contributed by atoms with Crippen LogP contribution < -0.4 is 0 Å². The van der Waals surface area contributed by atoms with Crippen LogP contribution in [0.25, 0.3) is 0 Å². The van der Waals surface area contributed by atoms with Crippen LogP contribution in [-0.2, 0) is 0 Å². The van der Waals surface area contributed by atoms with E-state index in [-0.39, 0.29) is 0 Å². The van der Waals surface area contributed by atoms with Crippen LogP contribution in [0.1, 0.15) is 44.9 Å². The van der Waals surface area contributed by atoms with Gasteiger partial charge in [0, 0.05) is 12.8 Å². The molecule has 0 atom stereocenters. The molecule has 0 aromatic carbocycles. The van der Waals surface area contributed by atoms with Gasteiger partial charge in [-0.25, -0.2) is 0 Å². The van der Waals surface area contributed by atoms with Gasteiger partial charge in [0.2, 0.25) is 0 Å². The average molecular weight is 334 g/mol. The number of hydrogen-bond donors (Lipinski definition) is 0. The predicted molar refractivity (Wildman–Crippen MR) is 75.5 cm³/mol. The van der Waals surface area contributed by atoms with Crippen molar-refractivity contribution in [2.24, 2.45) is 0 Å². The summed E-state index contributed by atoms with van der Waals surface area (Å²) in [6.45, 7) is 0. The Kier molecular flexibility index (Phi) is 14.2. The Bertz CT molecular complexity index is 211. The van der Waals surface area contributed by atoms with Crippen molar-refractivity contribution in [3.05, 3.63) is 0 Å². The van der Waals surface area contributed by atoms with E-state index < -0.39 is 0 Å². The van der Waals surface area contributed by atoms with Gasteiger partial charge < -0.3 is 0 Å². The van der Waals surface area contributed by atoms with Gasteiger partial charge in [-0.15, -0.1) is 11.8 Å². The van der Waals surface area contributed by atoms with Crippen molar-refractivity contribution in [3.63, 3.8) is 0 Å². The Labute approximate surface area is 111 Å². The third-order valence-corrected chi connectivity index (χ3v) is 2.55. The maximum atomic E-state index is 3.28. The molecule has 0 fully saturated rings. The molecule has 0 nitrogen and oxygen atoms in total. The smallest absolute Gasteiger partial charge is 0.0645 e. The first kappa shape index (κ1) is 15.1. The van der Waals surface area contributed by atoms with Gasteiger partial charge in [-0.05, 0) is 12.8 Å². The molecule has 2 heteroatoms. The Morgan fingerprint density at radius 1 is 0.533 bits per heavy atom. The van der Waals surface area contributed by atoms with Crippen LogP contribution in [0.4, 0.5) is 0 Å². The molecule has 0 spiro atoms. The highest BCUT2D eigenvalue weighted by Crippen LogP contribution is 2.06. The van der Waals surface area contributed by atoms with Crippen LogP contribution in [-0.4, -0.2) is 10.7 Å². The summed E-state index contributed by atoms with van der Waals surface area (Å²) in [6, 6.07) is 0. The Balaban J connectivity index is 3.05. The second kappa shape index (κ2) is 14.1. The molecule has 0 saturated heterocycles. The average Bonchev–Trinajstić information content (AvgIpc) is 2.26. The Morgan fingerprint density at radius 3 is 1.33 bits per heavy atom. The molecule has 0 aliphatic heterocycles. The normalized spacial score (nSPS) is 8.67. The van der Waals surface area contributed by atoms with Crippen molar-refractivity contribution in [3.8, 4) is 23.7 Å². The highest BCUT2D eigenvalue weighted by atomic mass is 79.9. The quantitative estimate of drug-likeness (QED) is 0.381. The van der Waals surface area contributed by atoms with Crippen molar-refractivity contribution in [1.29, 1.82) is 0 Å². The van der Waals surface area contributed by atoms with Crippen molar-refractivity contribution in [2.45, 2.75) is 44.9 Å². The molecule has 0 unspecified atom stereocenters. The molecule has 0 bridgehead atoms. The van der Waals surface area contributed by atoms with Crippen LogP contribution in [0.15, 0.2) is 0 Å². The Hall–Kier alpha value is 0.0800. The summed E-state index contributed by atoms with van der Waals surface area (Å²) in [7, 11) is 0. The zero-order valence-corrected chi connectivity index (χ0v) is 12.3. The van der Waals surface area contributed by atoms with Crippen molar-refractivity contribution in [2.75, 3.05) is 10.7 Å². The van der Waals surface area contributed by atoms with Crippen molar-refractivity contribution >= 4 is 31.9 Å². The maximum Gasteiger partial charge on any atom is 0.0645 e. The van der Waals surface area contributed by atoms with Gasteiger partial charge in [0.15, 0.2) is 0 Å². The predicted octanol–water partition coefficient (Wildman–Crippen LogP) is 4.51. The zero-order valence-electron chi connectivity index (χ0n) is 9.12. The summed E-state index contributed by atoms with van der Waals surface area (Å²) in [5, 5.41) is 1.61. The fourth-order valence-corrected chi connectivity index (χ4v) is 1.62. The molecule has 0 heterocycles. The minimum Gasteiger partial charge on any atom is -0.102 e. The van der Waals surface area contributed by atoms with Gasteiger partial charge in [0.1, 0.15) is 0 Å². The summed E-state index contributed by atoms with van der Waals surface area (Å²) in [5.74, 6) is 12.3. The van der Waals surface area contributed by atoms with Gasteiger partial charge in [-0.1, -0.05) is 63.0 Å². The third kappa shape index (κ3) is 14.1. The summed E-state index contributed by atoms with van der Waals surface area (Å²) < 4.78 is 0. The zero-order chi connectivity index (χ0) is 11.2. The van der Waals surface area contributed by atoms with Crippen LogP contribution in [0.3, 0.4) is 0 Å². The molecule has 0 amide bonds. The van der Waals surface area contributed by atoms with Crippen LogP contribution in [0, 0.1) is 23.7 Å². The lowest BCUT2D eigenvalue weighted by Gasteiger charge is -1.96. The number of unbranched alkanes of at least 4 members (excludes halogenated alkanes) is 6. The molecule has 0 aliphatic rings. The van der Waals surface area contributed by atoms with E-state index in [1.54, 1.807) is 0 Å². The van der Waals surface area contributed by atoms with Gasteiger partial charge in [-0.3, -0.25) is 0 Å². The lowest BCUT2D eigenvalue weighted by atomic mass is 10.1. The monoisotopic (exact) mass is 332 g/mol. The molecular formula is C13H18Br2. The minimum atomic E-state index is 0.805. The molecule has 84 valence electrons. The van der Waals surface area contributed by atoms with Crippen LogP contribution >= 0.6 is 31.9 Å². The SMILES string of the molecule is BrCC#CCCCCCCCC#CCBr. The fourth-order valence-electron chi connectivity index (χ4n) is 1.23. The van der Waals surface area contributed by atoms with Crippen LogP contribution in [0.2, 0.25) is 0 Å². The molecule has 0 aromatic heterocycles. The van der Waals surface area contributed by atoms with E-state index in [9.17, 15) is 0 Å². The maximum absolute atomic E-state index is 3.28. The molecule has 0 aliphatic carbocycles. The molecule has 0 N–H and O–H groups in total. The van der Waals surface area contributed by atoms with E-state index in [0.29, 0.717) is 0 Å². The highest BCUT2D eigenvalue weighted by Gasteiger charge is 1.88. The lowest BCUT2D eigenvalue weighted by Crippen LogP contribution is -1.78. The number of halogens is 2. The topological polar surface area (TPSA) is 0 Å². The van der Waals surface area contributed by atoms with E-state index in [2.05, 4.69) is 55.5 Å². The first-order valence-corrected chi connectivity index (χ1v) is 7.69. The fraction of sp³-hybridized carbons (Fsp3) is 0.692. The summed E-state index contributed by atoms with van der Waals surface area (Å²) >= 11 is 6.57. The van der Waals surface area contributed by atoms with E-state index in [1.807, 2.05) is 0 Å². The van der Waals surface area contributed by atoms with E-state index >= 15 is 0 Å². The molecule has 0 rings (SSSR count). The minimum absolute atomic E-state index is 0.805.